The number of ether oxygens (including phenoxy) is 1. The lowest BCUT2D eigenvalue weighted by molar-refractivity contribution is 0.0963. The Labute approximate surface area is 184 Å². The zero-order valence-corrected chi connectivity index (χ0v) is 18.8. The minimum Gasteiger partial charge on any atom is -0.450 e. The largest absolute Gasteiger partial charge is 0.450 e. The van der Waals surface area contributed by atoms with Gasteiger partial charge in [-0.05, 0) is 63.4 Å². The van der Waals surface area contributed by atoms with Gasteiger partial charge in [0, 0.05) is 37.7 Å². The number of amides is 1. The standard InChI is InChI=1S/C22H34ClN5O2/c1-3-30-22(29)28-13-9-19(10-14-28)26-21(24-2)25-16-20(27-11-4-5-12-27)17-7-6-8-18(23)15-17/h6-8,15,19-20H,3-5,9-14,16H2,1-2H3,(H2,24,25,26). The molecule has 2 aliphatic rings. The number of halogens is 1. The summed E-state index contributed by atoms with van der Waals surface area (Å²) in [5.74, 6) is 0.802. The van der Waals surface area contributed by atoms with Gasteiger partial charge < -0.3 is 20.3 Å². The van der Waals surface area contributed by atoms with Crippen LogP contribution in [0.3, 0.4) is 0 Å². The maximum atomic E-state index is 11.9. The minimum atomic E-state index is -0.214. The van der Waals surface area contributed by atoms with E-state index in [1.54, 1.807) is 11.9 Å². The van der Waals surface area contributed by atoms with Crippen molar-refractivity contribution in [2.45, 2.75) is 44.7 Å². The molecule has 2 heterocycles. The van der Waals surface area contributed by atoms with Gasteiger partial charge in [0.25, 0.3) is 0 Å². The fraction of sp³-hybridized carbons (Fsp3) is 0.636. The highest BCUT2D eigenvalue weighted by atomic mass is 35.5. The van der Waals surface area contributed by atoms with Crippen LogP contribution in [0.15, 0.2) is 29.3 Å². The van der Waals surface area contributed by atoms with Crippen LogP contribution in [0.4, 0.5) is 4.79 Å². The van der Waals surface area contributed by atoms with Crippen molar-refractivity contribution in [3.8, 4) is 0 Å². The molecular formula is C22H34ClN5O2. The molecule has 0 aromatic heterocycles. The highest BCUT2D eigenvalue weighted by Gasteiger charge is 2.26. The number of likely N-dealkylation sites (tertiary alicyclic amines) is 2. The third kappa shape index (κ3) is 6.25. The zero-order chi connectivity index (χ0) is 21.3. The Kier molecular flexibility index (Phi) is 8.63. The van der Waals surface area contributed by atoms with Gasteiger partial charge in [-0.15, -0.1) is 0 Å². The quantitative estimate of drug-likeness (QED) is 0.530. The summed E-state index contributed by atoms with van der Waals surface area (Å²) in [6, 6.07) is 8.70. The number of carbonyl (C=O) groups is 1. The number of piperidine rings is 1. The monoisotopic (exact) mass is 435 g/mol. The molecule has 0 radical (unpaired) electrons. The van der Waals surface area contributed by atoms with Crippen LogP contribution in [0.1, 0.15) is 44.2 Å². The van der Waals surface area contributed by atoms with Gasteiger partial charge in [-0.2, -0.15) is 0 Å². The SMILES string of the molecule is CCOC(=O)N1CCC(NC(=NC)NCC(c2cccc(Cl)c2)N2CCCC2)CC1. The van der Waals surface area contributed by atoms with Crippen LogP contribution in [0, 0.1) is 0 Å². The van der Waals surface area contributed by atoms with E-state index in [0.717, 1.165) is 43.5 Å². The van der Waals surface area contributed by atoms with Gasteiger partial charge in [-0.3, -0.25) is 9.89 Å². The van der Waals surface area contributed by atoms with Crippen LogP contribution >= 0.6 is 11.6 Å². The molecule has 1 aromatic carbocycles. The van der Waals surface area contributed by atoms with Gasteiger partial charge >= 0.3 is 6.09 Å². The molecule has 1 unspecified atom stereocenters. The third-order valence-electron chi connectivity index (χ3n) is 5.86. The number of benzene rings is 1. The van der Waals surface area contributed by atoms with Gasteiger partial charge in [0.05, 0.1) is 12.6 Å². The first kappa shape index (κ1) is 22.7. The van der Waals surface area contributed by atoms with E-state index in [9.17, 15) is 4.79 Å². The summed E-state index contributed by atoms with van der Waals surface area (Å²) in [4.78, 5) is 20.6. The Hall–Kier alpha value is -1.99. The number of guanidine groups is 1. The Morgan fingerprint density at radius 2 is 2.00 bits per heavy atom. The predicted octanol–water partition coefficient (Wildman–Crippen LogP) is 3.26. The van der Waals surface area contributed by atoms with Crippen LogP contribution < -0.4 is 10.6 Å². The predicted molar refractivity (Wildman–Crippen MR) is 121 cm³/mol. The van der Waals surface area contributed by atoms with Crippen molar-refractivity contribution in [3.05, 3.63) is 34.9 Å². The highest BCUT2D eigenvalue weighted by Crippen LogP contribution is 2.26. The molecule has 2 N–H and O–H groups in total. The van der Waals surface area contributed by atoms with E-state index >= 15 is 0 Å². The molecule has 0 saturated carbocycles. The van der Waals surface area contributed by atoms with Crippen molar-refractivity contribution in [1.29, 1.82) is 0 Å². The third-order valence-corrected chi connectivity index (χ3v) is 6.10. The van der Waals surface area contributed by atoms with E-state index < -0.39 is 0 Å². The van der Waals surface area contributed by atoms with Crippen LogP contribution in [-0.4, -0.2) is 74.3 Å². The Morgan fingerprint density at radius 3 is 2.63 bits per heavy atom. The first-order chi connectivity index (χ1) is 14.6. The fourth-order valence-corrected chi connectivity index (χ4v) is 4.43. The molecule has 2 saturated heterocycles. The molecule has 30 heavy (non-hydrogen) atoms. The van der Waals surface area contributed by atoms with Crippen molar-refractivity contribution in [1.82, 2.24) is 20.4 Å². The summed E-state index contributed by atoms with van der Waals surface area (Å²) in [6.07, 6.45) is 4.02. The molecular weight excluding hydrogens is 402 g/mol. The van der Waals surface area contributed by atoms with Crippen molar-refractivity contribution in [2.24, 2.45) is 4.99 Å². The van der Waals surface area contributed by atoms with E-state index in [0.29, 0.717) is 25.7 Å². The Bertz CT molecular complexity index is 715. The van der Waals surface area contributed by atoms with Crippen molar-refractivity contribution in [2.75, 3.05) is 46.4 Å². The summed E-state index contributed by atoms with van der Waals surface area (Å²) in [7, 11) is 1.80. The molecule has 1 atom stereocenters. The Balaban J connectivity index is 1.54. The number of aliphatic imine (C=N–C) groups is 1. The van der Waals surface area contributed by atoms with Crippen LogP contribution in [0.5, 0.6) is 0 Å². The molecule has 1 amide bonds. The van der Waals surface area contributed by atoms with Gasteiger partial charge in [0.2, 0.25) is 0 Å². The molecule has 2 fully saturated rings. The second-order valence-electron chi connectivity index (χ2n) is 7.87. The fourth-order valence-electron chi connectivity index (χ4n) is 4.23. The topological polar surface area (TPSA) is 69.2 Å². The number of rotatable bonds is 6. The number of nitrogens with zero attached hydrogens (tertiary/aromatic N) is 3. The van der Waals surface area contributed by atoms with Crippen molar-refractivity contribution in [3.63, 3.8) is 0 Å². The lowest BCUT2D eigenvalue weighted by atomic mass is 10.1. The molecule has 7 nitrogen and oxygen atoms in total. The summed E-state index contributed by atoms with van der Waals surface area (Å²) in [5.41, 5.74) is 1.23. The van der Waals surface area contributed by atoms with Gasteiger partial charge in [0.15, 0.2) is 5.96 Å². The van der Waals surface area contributed by atoms with Crippen LogP contribution in [0.2, 0.25) is 5.02 Å². The number of hydrogen-bond donors (Lipinski definition) is 2. The van der Waals surface area contributed by atoms with Gasteiger partial charge in [0.1, 0.15) is 0 Å². The zero-order valence-electron chi connectivity index (χ0n) is 18.1. The maximum Gasteiger partial charge on any atom is 0.409 e. The number of nitrogens with one attached hydrogen (secondary N) is 2. The van der Waals surface area contributed by atoms with Gasteiger partial charge in [-0.25, -0.2) is 4.79 Å². The second-order valence-corrected chi connectivity index (χ2v) is 8.31. The molecule has 8 heteroatoms. The molecule has 0 bridgehead atoms. The summed E-state index contributed by atoms with van der Waals surface area (Å²) in [5, 5.41) is 7.81. The number of carbonyl (C=O) groups excluding carboxylic acids is 1. The maximum absolute atomic E-state index is 11.9. The number of hydrogen-bond acceptors (Lipinski definition) is 4. The average molecular weight is 436 g/mol. The minimum absolute atomic E-state index is 0.214. The normalized spacial score (nSPS) is 19.6. The Morgan fingerprint density at radius 1 is 1.27 bits per heavy atom. The average Bonchev–Trinajstić information content (AvgIpc) is 3.28. The molecule has 2 aliphatic heterocycles. The lowest BCUT2D eigenvalue weighted by Crippen LogP contribution is -2.51. The first-order valence-electron chi connectivity index (χ1n) is 11.0. The smallest absolute Gasteiger partial charge is 0.409 e. The van der Waals surface area contributed by atoms with E-state index in [4.69, 9.17) is 16.3 Å². The van der Waals surface area contributed by atoms with E-state index in [1.165, 1.54) is 18.4 Å². The lowest BCUT2D eigenvalue weighted by Gasteiger charge is -2.33. The highest BCUT2D eigenvalue weighted by molar-refractivity contribution is 6.30. The molecule has 1 aromatic rings. The van der Waals surface area contributed by atoms with Gasteiger partial charge in [-0.1, -0.05) is 23.7 Å². The first-order valence-corrected chi connectivity index (χ1v) is 11.4. The van der Waals surface area contributed by atoms with E-state index in [-0.39, 0.29) is 12.1 Å². The molecule has 3 rings (SSSR count). The van der Waals surface area contributed by atoms with Crippen molar-refractivity contribution >= 4 is 23.7 Å². The second kappa shape index (κ2) is 11.4. The summed E-state index contributed by atoms with van der Waals surface area (Å²) >= 11 is 6.26. The molecule has 0 aliphatic carbocycles. The summed E-state index contributed by atoms with van der Waals surface area (Å²) < 4.78 is 5.10. The molecule has 166 valence electrons. The molecule has 0 spiro atoms. The van der Waals surface area contributed by atoms with E-state index in [1.807, 2.05) is 19.1 Å². The van der Waals surface area contributed by atoms with Crippen LogP contribution in [0.25, 0.3) is 0 Å². The van der Waals surface area contributed by atoms with Crippen LogP contribution in [-0.2, 0) is 4.74 Å². The van der Waals surface area contributed by atoms with E-state index in [2.05, 4.69) is 32.7 Å². The van der Waals surface area contributed by atoms with Crippen molar-refractivity contribution < 1.29 is 9.53 Å². The summed E-state index contributed by atoms with van der Waals surface area (Å²) in [6.45, 7) is 6.63.